The van der Waals surface area contributed by atoms with Crippen LogP contribution in [0.2, 0.25) is 5.02 Å². The number of amides is 4. The Morgan fingerprint density at radius 3 is 2.42 bits per heavy atom. The van der Waals surface area contributed by atoms with Crippen LogP contribution in [0.25, 0.3) is 0 Å². The predicted octanol–water partition coefficient (Wildman–Crippen LogP) is 4.28. The van der Waals surface area contributed by atoms with Gasteiger partial charge in [-0.15, -0.1) is 0 Å². The first kappa shape index (κ1) is 24.9. The van der Waals surface area contributed by atoms with Gasteiger partial charge in [-0.3, -0.25) is 14.6 Å². The average molecular weight is 507 g/mol. The summed E-state index contributed by atoms with van der Waals surface area (Å²) in [6.07, 6.45) is 2.96. The summed E-state index contributed by atoms with van der Waals surface area (Å²) in [6.45, 7) is 2.08. The molecular weight excluding hydrogens is 484 g/mol. The molecule has 10 heteroatoms. The number of imide groups is 1. The van der Waals surface area contributed by atoms with Crippen molar-refractivity contribution in [1.82, 2.24) is 9.88 Å². The van der Waals surface area contributed by atoms with Crippen molar-refractivity contribution in [2.75, 3.05) is 16.8 Å². The first-order valence-electron chi connectivity index (χ1n) is 11.2. The predicted molar refractivity (Wildman–Crippen MR) is 134 cm³/mol. The lowest BCUT2D eigenvalue weighted by atomic mass is 10.1. The number of pyridine rings is 1. The first-order chi connectivity index (χ1) is 17.4. The van der Waals surface area contributed by atoms with Crippen LogP contribution in [-0.4, -0.2) is 46.3 Å². The van der Waals surface area contributed by atoms with Crippen molar-refractivity contribution in [3.05, 3.63) is 89.2 Å². The number of urea groups is 1. The molecule has 0 aliphatic carbocycles. The number of esters is 1. The minimum atomic E-state index is -1.02. The van der Waals surface area contributed by atoms with Crippen molar-refractivity contribution < 1.29 is 23.9 Å². The number of halogens is 1. The number of nitrogens with zero attached hydrogens (tertiary/aromatic N) is 3. The minimum absolute atomic E-state index is 0.106. The van der Waals surface area contributed by atoms with Crippen LogP contribution >= 0.6 is 11.6 Å². The van der Waals surface area contributed by atoms with Crippen LogP contribution in [0, 0.1) is 0 Å². The van der Waals surface area contributed by atoms with Crippen LogP contribution in [0.4, 0.5) is 16.2 Å². The molecular formula is C26H23ClN4O5. The van der Waals surface area contributed by atoms with Gasteiger partial charge in [-0.05, 0) is 67.1 Å². The molecule has 0 unspecified atom stereocenters. The van der Waals surface area contributed by atoms with Crippen molar-refractivity contribution in [2.24, 2.45) is 0 Å². The van der Waals surface area contributed by atoms with Gasteiger partial charge >= 0.3 is 12.0 Å². The number of hydrogen-bond donors (Lipinski definition) is 1. The van der Waals surface area contributed by atoms with Crippen LogP contribution < -0.4 is 10.2 Å². The second kappa shape index (κ2) is 11.0. The SMILES string of the molecule is CCOC(=O)c1ccc(NC(=O)C[C@@H]2C(=O)N(c3ccc(Cl)cc3)C(=O)N2Cc2cccnc2)cc1. The van der Waals surface area contributed by atoms with E-state index in [1.807, 2.05) is 0 Å². The standard InChI is InChI=1S/C26H23ClN4O5/c1-2-36-25(34)18-5-9-20(10-6-18)29-23(32)14-22-24(33)31(21-11-7-19(27)8-12-21)26(35)30(22)16-17-4-3-13-28-15-17/h3-13,15,22H,2,14,16H2,1H3,(H,29,32)/t22-/m1/s1. The Bertz CT molecular complexity index is 1270. The summed E-state index contributed by atoms with van der Waals surface area (Å²) >= 11 is 5.96. The second-order valence-corrected chi connectivity index (χ2v) is 8.42. The molecule has 1 aliphatic heterocycles. The number of benzene rings is 2. The Kier molecular flexibility index (Phi) is 7.60. The van der Waals surface area contributed by atoms with E-state index < -0.39 is 29.9 Å². The van der Waals surface area contributed by atoms with Crippen LogP contribution in [-0.2, 0) is 20.9 Å². The zero-order chi connectivity index (χ0) is 25.7. The number of carbonyl (C=O) groups excluding carboxylic acids is 4. The normalized spacial score (nSPS) is 15.2. The molecule has 4 rings (SSSR count). The van der Waals surface area contributed by atoms with Crippen LogP contribution in [0.15, 0.2) is 73.1 Å². The highest BCUT2D eigenvalue weighted by Gasteiger charge is 2.46. The Labute approximate surface area is 212 Å². The van der Waals surface area contributed by atoms with E-state index in [1.165, 1.54) is 17.0 Å². The highest BCUT2D eigenvalue weighted by molar-refractivity contribution is 6.30. The van der Waals surface area contributed by atoms with E-state index >= 15 is 0 Å². The van der Waals surface area contributed by atoms with Gasteiger partial charge in [0.1, 0.15) is 6.04 Å². The molecule has 184 valence electrons. The van der Waals surface area contributed by atoms with Crippen molar-refractivity contribution in [3.63, 3.8) is 0 Å². The van der Waals surface area contributed by atoms with Gasteiger partial charge in [-0.25, -0.2) is 14.5 Å². The van der Waals surface area contributed by atoms with Gasteiger partial charge in [0.2, 0.25) is 5.91 Å². The zero-order valence-corrected chi connectivity index (χ0v) is 20.1. The maximum absolute atomic E-state index is 13.4. The fourth-order valence-electron chi connectivity index (χ4n) is 3.82. The van der Waals surface area contributed by atoms with Gasteiger partial charge < -0.3 is 15.0 Å². The minimum Gasteiger partial charge on any atom is -0.462 e. The van der Waals surface area contributed by atoms with E-state index in [4.69, 9.17) is 16.3 Å². The third-order valence-electron chi connectivity index (χ3n) is 5.54. The van der Waals surface area contributed by atoms with Gasteiger partial charge in [0, 0.05) is 29.6 Å². The summed E-state index contributed by atoms with van der Waals surface area (Å²) in [5, 5.41) is 3.19. The molecule has 0 radical (unpaired) electrons. The van der Waals surface area contributed by atoms with Gasteiger partial charge in [0.05, 0.1) is 24.3 Å². The Morgan fingerprint density at radius 1 is 1.06 bits per heavy atom. The molecule has 2 heterocycles. The lowest BCUT2D eigenvalue weighted by Crippen LogP contribution is -2.37. The van der Waals surface area contributed by atoms with Gasteiger partial charge in [-0.2, -0.15) is 0 Å². The monoisotopic (exact) mass is 506 g/mol. The van der Waals surface area contributed by atoms with Crippen molar-refractivity contribution >= 4 is 46.8 Å². The van der Waals surface area contributed by atoms with Gasteiger partial charge in [0.25, 0.3) is 5.91 Å². The van der Waals surface area contributed by atoms with Crippen LogP contribution in [0.1, 0.15) is 29.3 Å². The van der Waals surface area contributed by atoms with E-state index in [1.54, 1.807) is 67.8 Å². The van der Waals surface area contributed by atoms with Crippen molar-refractivity contribution in [1.29, 1.82) is 0 Å². The van der Waals surface area contributed by atoms with Crippen LogP contribution in [0.3, 0.4) is 0 Å². The summed E-state index contributed by atoms with van der Waals surface area (Å²) < 4.78 is 4.96. The first-order valence-corrected chi connectivity index (χ1v) is 11.6. The highest BCUT2D eigenvalue weighted by Crippen LogP contribution is 2.29. The number of hydrogen-bond acceptors (Lipinski definition) is 6. The molecule has 1 fully saturated rings. The summed E-state index contributed by atoms with van der Waals surface area (Å²) in [4.78, 5) is 57.9. The molecule has 3 aromatic rings. The van der Waals surface area contributed by atoms with E-state index in [9.17, 15) is 19.2 Å². The number of anilines is 2. The van der Waals surface area contributed by atoms with Gasteiger partial charge in [0.15, 0.2) is 0 Å². The number of carbonyl (C=O) groups is 4. The Morgan fingerprint density at radius 2 is 1.78 bits per heavy atom. The molecule has 36 heavy (non-hydrogen) atoms. The third-order valence-corrected chi connectivity index (χ3v) is 5.79. The topological polar surface area (TPSA) is 109 Å². The molecule has 0 bridgehead atoms. The van der Waals surface area contributed by atoms with Crippen molar-refractivity contribution in [3.8, 4) is 0 Å². The number of ether oxygens (including phenoxy) is 1. The van der Waals surface area contributed by atoms with E-state index in [0.717, 1.165) is 10.5 Å². The molecule has 1 saturated heterocycles. The fourth-order valence-corrected chi connectivity index (χ4v) is 3.95. The summed E-state index contributed by atoms with van der Waals surface area (Å²) in [6, 6.07) is 14.5. The molecule has 0 saturated carbocycles. The average Bonchev–Trinajstić information content (AvgIpc) is 3.09. The van der Waals surface area contributed by atoms with Crippen LogP contribution in [0.5, 0.6) is 0 Å². The Hall–Kier alpha value is -4.24. The highest BCUT2D eigenvalue weighted by atomic mass is 35.5. The molecule has 1 atom stereocenters. The quantitative estimate of drug-likeness (QED) is 0.361. The van der Waals surface area contributed by atoms with E-state index in [-0.39, 0.29) is 19.6 Å². The summed E-state index contributed by atoms with van der Waals surface area (Å²) in [7, 11) is 0. The molecule has 4 amide bonds. The molecule has 1 aliphatic rings. The fraction of sp³-hybridized carbons (Fsp3) is 0.192. The molecule has 1 N–H and O–H groups in total. The molecule has 0 spiro atoms. The smallest absolute Gasteiger partial charge is 0.338 e. The van der Waals surface area contributed by atoms with E-state index in [2.05, 4.69) is 10.3 Å². The van der Waals surface area contributed by atoms with E-state index in [0.29, 0.717) is 22.0 Å². The zero-order valence-electron chi connectivity index (χ0n) is 19.4. The third kappa shape index (κ3) is 5.52. The molecule has 2 aromatic carbocycles. The molecule has 1 aromatic heterocycles. The maximum atomic E-state index is 13.4. The Balaban J connectivity index is 1.53. The maximum Gasteiger partial charge on any atom is 0.338 e. The number of nitrogens with one attached hydrogen (secondary N) is 1. The molecule has 9 nitrogen and oxygen atoms in total. The lowest BCUT2D eigenvalue weighted by Gasteiger charge is -2.21. The van der Waals surface area contributed by atoms with Gasteiger partial charge in [-0.1, -0.05) is 17.7 Å². The van der Waals surface area contributed by atoms with Crippen molar-refractivity contribution in [2.45, 2.75) is 25.9 Å². The number of rotatable bonds is 8. The summed E-state index contributed by atoms with van der Waals surface area (Å²) in [5.41, 5.74) is 1.88. The lowest BCUT2D eigenvalue weighted by molar-refractivity contribution is -0.124. The largest absolute Gasteiger partial charge is 0.462 e. The number of aromatic nitrogens is 1. The second-order valence-electron chi connectivity index (χ2n) is 7.99. The summed E-state index contributed by atoms with van der Waals surface area (Å²) in [5.74, 6) is -1.43.